The summed E-state index contributed by atoms with van der Waals surface area (Å²) in [4.78, 5) is 20.3. The van der Waals surface area contributed by atoms with Crippen LogP contribution in [-0.4, -0.2) is 24.2 Å². The number of para-hydroxylation sites is 2. The van der Waals surface area contributed by atoms with Crippen molar-refractivity contribution in [1.82, 2.24) is 4.98 Å². The second-order valence-corrected chi connectivity index (χ2v) is 7.48. The van der Waals surface area contributed by atoms with E-state index in [-0.39, 0.29) is 12.7 Å². The van der Waals surface area contributed by atoms with E-state index in [0.717, 1.165) is 40.0 Å². The molecule has 0 aliphatic carbocycles. The summed E-state index contributed by atoms with van der Waals surface area (Å²) < 4.78 is 10.9. The molecule has 4 aromatic rings. The van der Waals surface area contributed by atoms with Crippen LogP contribution in [0.25, 0.3) is 22.2 Å². The van der Waals surface area contributed by atoms with Gasteiger partial charge >= 0.3 is 0 Å². The smallest absolute Gasteiger partial charge is 0.259 e. The van der Waals surface area contributed by atoms with Crippen LogP contribution in [-0.2, 0) is 6.42 Å². The second kappa shape index (κ2) is 6.59. The first-order valence-electron chi connectivity index (χ1n) is 9.97. The summed E-state index contributed by atoms with van der Waals surface area (Å²) in [7, 11) is 0. The Morgan fingerprint density at radius 2 is 1.73 bits per heavy atom. The SMILES string of the molecule is O=C(c1cc(-c2ccc3c(c2)OCO3)nc2ccccc12)N1CCc2ccccc21. The number of rotatable bonds is 2. The molecule has 0 fully saturated rings. The molecule has 3 heterocycles. The lowest BCUT2D eigenvalue weighted by atomic mass is 10.0. The Hall–Kier alpha value is -3.86. The molecule has 5 heteroatoms. The normalized spacial score (nSPS) is 14.2. The number of nitrogens with zero attached hydrogens (tertiary/aromatic N) is 2. The lowest BCUT2D eigenvalue weighted by Gasteiger charge is -2.19. The van der Waals surface area contributed by atoms with Gasteiger partial charge in [-0.15, -0.1) is 0 Å². The molecule has 0 atom stereocenters. The molecule has 0 spiro atoms. The summed E-state index contributed by atoms with van der Waals surface area (Å²) in [6, 6.07) is 23.5. The van der Waals surface area contributed by atoms with Crippen molar-refractivity contribution in [2.24, 2.45) is 0 Å². The predicted molar refractivity (Wildman–Crippen MR) is 115 cm³/mol. The van der Waals surface area contributed by atoms with E-state index in [1.165, 1.54) is 5.56 Å². The molecule has 0 unspecified atom stereocenters. The Balaban J connectivity index is 1.50. The Morgan fingerprint density at radius 1 is 0.900 bits per heavy atom. The van der Waals surface area contributed by atoms with Crippen molar-refractivity contribution in [1.29, 1.82) is 0 Å². The average Bonchev–Trinajstić information content (AvgIpc) is 3.44. The first-order chi connectivity index (χ1) is 14.8. The van der Waals surface area contributed by atoms with Gasteiger partial charge in [0, 0.05) is 23.2 Å². The fraction of sp³-hybridized carbons (Fsp3) is 0.120. The maximum atomic E-state index is 13.6. The standard InChI is InChI=1S/C25H18N2O3/c28-25(27-12-11-16-5-1-4-8-22(16)27)19-14-21(26-20-7-3-2-6-18(19)20)17-9-10-23-24(13-17)30-15-29-23/h1-10,13-14H,11-12,15H2. The van der Waals surface area contributed by atoms with Crippen molar-refractivity contribution >= 4 is 22.5 Å². The lowest BCUT2D eigenvalue weighted by Crippen LogP contribution is -2.29. The molecule has 1 amide bonds. The number of fused-ring (bicyclic) bond motifs is 3. The predicted octanol–water partition coefficient (Wildman–Crippen LogP) is 4.83. The molecule has 2 aliphatic heterocycles. The third-order valence-corrected chi connectivity index (χ3v) is 5.75. The number of aromatic nitrogens is 1. The minimum atomic E-state index is 0.000503. The molecule has 0 saturated heterocycles. The van der Waals surface area contributed by atoms with Gasteiger partial charge in [0.05, 0.1) is 16.8 Å². The van der Waals surface area contributed by atoms with E-state index in [0.29, 0.717) is 17.9 Å². The number of ether oxygens (including phenoxy) is 2. The summed E-state index contributed by atoms with van der Waals surface area (Å²) in [6.45, 7) is 0.913. The first kappa shape index (κ1) is 17.0. The van der Waals surface area contributed by atoms with E-state index < -0.39 is 0 Å². The Morgan fingerprint density at radius 3 is 2.70 bits per heavy atom. The zero-order chi connectivity index (χ0) is 20.1. The number of anilines is 1. The third-order valence-electron chi connectivity index (χ3n) is 5.75. The van der Waals surface area contributed by atoms with Crippen molar-refractivity contribution in [2.45, 2.75) is 6.42 Å². The van der Waals surface area contributed by atoms with Gasteiger partial charge in [-0.05, 0) is 48.4 Å². The summed E-state index contributed by atoms with van der Waals surface area (Å²) in [5.41, 5.74) is 5.28. The zero-order valence-electron chi connectivity index (χ0n) is 16.2. The summed E-state index contributed by atoms with van der Waals surface area (Å²) >= 11 is 0. The fourth-order valence-corrected chi connectivity index (χ4v) is 4.25. The van der Waals surface area contributed by atoms with Gasteiger partial charge in [0.15, 0.2) is 11.5 Å². The van der Waals surface area contributed by atoms with Crippen LogP contribution in [0.1, 0.15) is 15.9 Å². The maximum Gasteiger partial charge on any atom is 0.259 e. The largest absolute Gasteiger partial charge is 0.454 e. The minimum Gasteiger partial charge on any atom is -0.454 e. The molecule has 6 rings (SSSR count). The van der Waals surface area contributed by atoms with Crippen molar-refractivity contribution in [2.75, 3.05) is 18.2 Å². The molecule has 0 bridgehead atoms. The first-order valence-corrected chi connectivity index (χ1v) is 9.97. The van der Waals surface area contributed by atoms with Crippen molar-refractivity contribution in [3.05, 3.63) is 83.9 Å². The number of hydrogen-bond donors (Lipinski definition) is 0. The molecule has 0 radical (unpaired) electrons. The van der Waals surface area contributed by atoms with Crippen LogP contribution in [0, 0.1) is 0 Å². The highest BCUT2D eigenvalue weighted by atomic mass is 16.7. The number of pyridine rings is 1. The molecule has 146 valence electrons. The van der Waals surface area contributed by atoms with Crippen LogP contribution in [0.5, 0.6) is 11.5 Å². The van der Waals surface area contributed by atoms with Gasteiger partial charge in [0.2, 0.25) is 6.79 Å². The highest BCUT2D eigenvalue weighted by Crippen LogP contribution is 2.37. The van der Waals surface area contributed by atoms with Gasteiger partial charge in [-0.2, -0.15) is 0 Å². The summed E-state index contributed by atoms with van der Waals surface area (Å²) in [5, 5.41) is 0.858. The van der Waals surface area contributed by atoms with E-state index in [1.54, 1.807) is 0 Å². The molecule has 5 nitrogen and oxygen atoms in total. The van der Waals surface area contributed by atoms with Gasteiger partial charge < -0.3 is 14.4 Å². The topological polar surface area (TPSA) is 51.7 Å². The molecule has 3 aromatic carbocycles. The highest BCUT2D eigenvalue weighted by molar-refractivity contribution is 6.15. The second-order valence-electron chi connectivity index (χ2n) is 7.48. The highest BCUT2D eigenvalue weighted by Gasteiger charge is 2.27. The van der Waals surface area contributed by atoms with Gasteiger partial charge in [-0.3, -0.25) is 4.79 Å². The molecule has 0 N–H and O–H groups in total. The number of benzene rings is 3. The Bertz CT molecular complexity index is 1320. The van der Waals surface area contributed by atoms with Gasteiger partial charge in [-0.25, -0.2) is 4.98 Å². The quantitative estimate of drug-likeness (QED) is 0.489. The van der Waals surface area contributed by atoms with E-state index in [2.05, 4.69) is 6.07 Å². The fourth-order valence-electron chi connectivity index (χ4n) is 4.25. The van der Waals surface area contributed by atoms with Crippen LogP contribution in [0.15, 0.2) is 72.8 Å². The monoisotopic (exact) mass is 394 g/mol. The number of amides is 1. The van der Waals surface area contributed by atoms with E-state index in [1.807, 2.05) is 71.6 Å². The van der Waals surface area contributed by atoms with Crippen LogP contribution in [0.2, 0.25) is 0 Å². The molecule has 0 saturated carbocycles. The average molecular weight is 394 g/mol. The summed E-state index contributed by atoms with van der Waals surface area (Å²) in [5.74, 6) is 1.42. The van der Waals surface area contributed by atoms with E-state index in [4.69, 9.17) is 14.5 Å². The van der Waals surface area contributed by atoms with Crippen LogP contribution < -0.4 is 14.4 Å². The van der Waals surface area contributed by atoms with Crippen LogP contribution in [0.4, 0.5) is 5.69 Å². The number of carbonyl (C=O) groups excluding carboxylic acids is 1. The Labute approximate surface area is 173 Å². The maximum absolute atomic E-state index is 13.6. The molecule has 1 aromatic heterocycles. The third kappa shape index (κ3) is 2.63. The van der Waals surface area contributed by atoms with Crippen LogP contribution in [0.3, 0.4) is 0 Å². The van der Waals surface area contributed by atoms with Crippen molar-refractivity contribution in [3.63, 3.8) is 0 Å². The molecule has 2 aliphatic rings. The van der Waals surface area contributed by atoms with E-state index >= 15 is 0 Å². The van der Waals surface area contributed by atoms with Gasteiger partial charge in [-0.1, -0.05) is 36.4 Å². The van der Waals surface area contributed by atoms with Crippen molar-refractivity contribution in [3.8, 4) is 22.8 Å². The van der Waals surface area contributed by atoms with E-state index in [9.17, 15) is 4.79 Å². The Kier molecular flexibility index (Phi) is 3.74. The molecule has 30 heavy (non-hydrogen) atoms. The molecular formula is C25H18N2O3. The van der Waals surface area contributed by atoms with Gasteiger partial charge in [0.25, 0.3) is 5.91 Å². The minimum absolute atomic E-state index is 0.000503. The molecular weight excluding hydrogens is 376 g/mol. The summed E-state index contributed by atoms with van der Waals surface area (Å²) in [6.07, 6.45) is 0.875. The number of hydrogen-bond acceptors (Lipinski definition) is 4. The van der Waals surface area contributed by atoms with Gasteiger partial charge in [0.1, 0.15) is 0 Å². The lowest BCUT2D eigenvalue weighted by molar-refractivity contribution is 0.0991. The van der Waals surface area contributed by atoms with Crippen LogP contribution >= 0.6 is 0 Å². The number of carbonyl (C=O) groups is 1. The zero-order valence-corrected chi connectivity index (χ0v) is 16.2. The van der Waals surface area contributed by atoms with Crippen molar-refractivity contribution < 1.29 is 14.3 Å².